The number of hydrogen-bond donors (Lipinski definition) is 1. The van der Waals surface area contributed by atoms with Crippen LogP contribution in [0.5, 0.6) is 0 Å². The minimum absolute atomic E-state index is 0.0746. The molecule has 0 spiro atoms. The molecular weight excluding hydrogens is 312 g/mol. The van der Waals surface area contributed by atoms with Gasteiger partial charge >= 0.3 is 6.09 Å². The van der Waals surface area contributed by atoms with Crippen molar-refractivity contribution in [2.24, 2.45) is 0 Å². The Morgan fingerprint density at radius 3 is 2.50 bits per heavy atom. The van der Waals surface area contributed by atoms with Crippen LogP contribution in [0, 0.1) is 0 Å². The number of carbonyl (C=O) groups is 2. The molecule has 0 aromatic carbocycles. The summed E-state index contributed by atoms with van der Waals surface area (Å²) in [7, 11) is 1.64. The molecule has 1 aromatic heterocycles. The lowest BCUT2D eigenvalue weighted by molar-refractivity contribution is 0.0570. The highest BCUT2D eigenvalue weighted by Crippen LogP contribution is 2.11. The summed E-state index contributed by atoms with van der Waals surface area (Å²) in [4.78, 5) is 31.7. The fourth-order valence-corrected chi connectivity index (χ4v) is 2.40. The second-order valence-electron chi connectivity index (χ2n) is 5.33. The molecule has 1 aromatic rings. The van der Waals surface area contributed by atoms with Crippen LogP contribution in [-0.4, -0.2) is 79.8 Å². The average Bonchev–Trinajstić information content (AvgIpc) is 2.62. The monoisotopic (exact) mass is 336 g/mol. The molecule has 0 aliphatic carbocycles. The normalized spacial score (nSPS) is 14.4. The maximum Gasteiger partial charge on any atom is 0.409 e. The van der Waals surface area contributed by atoms with Crippen molar-refractivity contribution in [3.63, 3.8) is 0 Å². The highest BCUT2D eigenvalue weighted by atomic mass is 16.6. The second kappa shape index (κ2) is 9.07. The summed E-state index contributed by atoms with van der Waals surface area (Å²) in [5.74, 6) is 0.630. The molecule has 0 radical (unpaired) electrons. The third-order valence-corrected chi connectivity index (χ3v) is 3.72. The minimum atomic E-state index is -0.322. The minimum Gasteiger partial charge on any atom is -0.450 e. The molecule has 1 aliphatic heterocycles. The van der Waals surface area contributed by atoms with E-state index in [0.29, 0.717) is 57.3 Å². The van der Waals surface area contributed by atoms with E-state index in [0.717, 1.165) is 0 Å². The fraction of sp³-hybridized carbons (Fsp3) is 0.562. The number of rotatable bonds is 6. The van der Waals surface area contributed by atoms with E-state index >= 15 is 0 Å². The SMILES string of the molecule is CCOC(=O)N1CCN(C(=O)c2ccc(NCCOC)nc2)CC1. The molecular formula is C16H24N4O4. The first-order valence-corrected chi connectivity index (χ1v) is 8.05. The van der Waals surface area contributed by atoms with Crippen molar-refractivity contribution in [1.29, 1.82) is 0 Å². The first-order chi connectivity index (χ1) is 11.7. The first kappa shape index (κ1) is 18.0. The van der Waals surface area contributed by atoms with Crippen molar-refractivity contribution >= 4 is 17.8 Å². The molecule has 1 N–H and O–H groups in total. The molecule has 0 bridgehead atoms. The lowest BCUT2D eigenvalue weighted by atomic mass is 10.2. The van der Waals surface area contributed by atoms with E-state index < -0.39 is 0 Å². The molecule has 1 aliphatic rings. The zero-order valence-corrected chi connectivity index (χ0v) is 14.2. The van der Waals surface area contributed by atoms with Crippen LogP contribution in [0.25, 0.3) is 0 Å². The number of aromatic nitrogens is 1. The van der Waals surface area contributed by atoms with Gasteiger partial charge in [-0.3, -0.25) is 4.79 Å². The van der Waals surface area contributed by atoms with Gasteiger partial charge in [-0.15, -0.1) is 0 Å². The highest BCUT2D eigenvalue weighted by molar-refractivity contribution is 5.94. The summed E-state index contributed by atoms with van der Waals surface area (Å²) < 4.78 is 9.93. The van der Waals surface area contributed by atoms with Gasteiger partial charge < -0.3 is 24.6 Å². The lowest BCUT2D eigenvalue weighted by Gasteiger charge is -2.34. The van der Waals surface area contributed by atoms with Crippen molar-refractivity contribution in [3.8, 4) is 0 Å². The van der Waals surface area contributed by atoms with Gasteiger partial charge in [-0.2, -0.15) is 0 Å². The van der Waals surface area contributed by atoms with E-state index in [1.54, 1.807) is 42.2 Å². The average molecular weight is 336 g/mol. The van der Waals surface area contributed by atoms with Crippen LogP contribution < -0.4 is 5.32 Å². The van der Waals surface area contributed by atoms with Crippen LogP contribution in [0.4, 0.5) is 10.6 Å². The van der Waals surface area contributed by atoms with Crippen LogP contribution in [0.1, 0.15) is 17.3 Å². The van der Waals surface area contributed by atoms with Crippen molar-refractivity contribution in [1.82, 2.24) is 14.8 Å². The number of pyridine rings is 1. The van der Waals surface area contributed by atoms with E-state index in [1.807, 2.05) is 0 Å². The lowest BCUT2D eigenvalue weighted by Crippen LogP contribution is -2.50. The van der Waals surface area contributed by atoms with Gasteiger partial charge in [-0.05, 0) is 19.1 Å². The van der Waals surface area contributed by atoms with Gasteiger partial charge in [0.25, 0.3) is 5.91 Å². The van der Waals surface area contributed by atoms with Crippen molar-refractivity contribution in [3.05, 3.63) is 23.9 Å². The number of nitrogens with zero attached hydrogens (tertiary/aromatic N) is 3. The molecule has 2 amide bonds. The van der Waals surface area contributed by atoms with Crippen molar-refractivity contribution < 1.29 is 19.1 Å². The Morgan fingerprint density at radius 1 is 1.21 bits per heavy atom. The topological polar surface area (TPSA) is 84.0 Å². The van der Waals surface area contributed by atoms with Gasteiger partial charge in [0.05, 0.1) is 18.8 Å². The Hall–Kier alpha value is -2.35. The summed E-state index contributed by atoms with van der Waals surface area (Å²) >= 11 is 0. The zero-order chi connectivity index (χ0) is 17.4. The smallest absolute Gasteiger partial charge is 0.409 e. The molecule has 0 unspecified atom stereocenters. The Labute approximate surface area is 141 Å². The Balaban J connectivity index is 1.85. The van der Waals surface area contributed by atoms with Crippen LogP contribution in [-0.2, 0) is 9.47 Å². The van der Waals surface area contributed by atoms with Crippen LogP contribution in [0.15, 0.2) is 18.3 Å². The number of methoxy groups -OCH3 is 1. The maximum atomic E-state index is 12.5. The molecule has 1 saturated heterocycles. The number of ether oxygens (including phenoxy) is 2. The Kier molecular flexibility index (Phi) is 6.80. The second-order valence-corrected chi connectivity index (χ2v) is 5.33. The van der Waals surface area contributed by atoms with Gasteiger partial charge in [0.1, 0.15) is 5.82 Å². The largest absolute Gasteiger partial charge is 0.450 e. The van der Waals surface area contributed by atoms with E-state index in [4.69, 9.17) is 9.47 Å². The quantitative estimate of drug-likeness (QED) is 0.782. The zero-order valence-electron chi connectivity index (χ0n) is 14.2. The molecule has 0 atom stereocenters. The Morgan fingerprint density at radius 2 is 1.92 bits per heavy atom. The van der Waals surface area contributed by atoms with E-state index in [-0.39, 0.29) is 12.0 Å². The van der Waals surface area contributed by atoms with Crippen LogP contribution in [0.3, 0.4) is 0 Å². The fourth-order valence-electron chi connectivity index (χ4n) is 2.40. The maximum absolute atomic E-state index is 12.5. The number of anilines is 1. The van der Waals surface area contributed by atoms with Gasteiger partial charge in [0, 0.05) is 46.0 Å². The number of amides is 2. The number of piperazine rings is 1. The molecule has 1 fully saturated rings. The molecule has 2 heterocycles. The molecule has 8 heteroatoms. The summed E-state index contributed by atoms with van der Waals surface area (Å²) in [5.41, 5.74) is 0.539. The summed E-state index contributed by atoms with van der Waals surface area (Å²) in [6, 6.07) is 3.53. The van der Waals surface area contributed by atoms with E-state index in [2.05, 4.69) is 10.3 Å². The van der Waals surface area contributed by atoms with E-state index in [1.165, 1.54) is 0 Å². The van der Waals surface area contributed by atoms with E-state index in [9.17, 15) is 9.59 Å². The summed E-state index contributed by atoms with van der Waals surface area (Å²) in [6.45, 7) is 5.33. The van der Waals surface area contributed by atoms with Gasteiger partial charge in [-0.1, -0.05) is 0 Å². The van der Waals surface area contributed by atoms with Gasteiger partial charge in [0.15, 0.2) is 0 Å². The highest BCUT2D eigenvalue weighted by Gasteiger charge is 2.25. The molecule has 0 saturated carbocycles. The van der Waals surface area contributed by atoms with Crippen molar-refractivity contribution in [2.45, 2.75) is 6.92 Å². The summed E-state index contributed by atoms with van der Waals surface area (Å²) in [6.07, 6.45) is 1.24. The van der Waals surface area contributed by atoms with Crippen LogP contribution >= 0.6 is 0 Å². The molecule has 24 heavy (non-hydrogen) atoms. The number of hydrogen-bond acceptors (Lipinski definition) is 6. The molecule has 8 nitrogen and oxygen atoms in total. The predicted octanol–water partition coefficient (Wildman–Crippen LogP) is 1.05. The summed E-state index contributed by atoms with van der Waals surface area (Å²) in [5, 5.41) is 3.10. The van der Waals surface area contributed by atoms with Gasteiger partial charge in [-0.25, -0.2) is 9.78 Å². The van der Waals surface area contributed by atoms with Gasteiger partial charge in [0.2, 0.25) is 0 Å². The molecule has 132 valence electrons. The Bertz CT molecular complexity index is 542. The third kappa shape index (κ3) is 4.82. The standard InChI is InChI=1S/C16H24N4O4/c1-3-24-16(22)20-9-7-19(8-10-20)15(21)13-4-5-14(18-12-13)17-6-11-23-2/h4-5,12H,3,6-11H2,1-2H3,(H,17,18). The number of nitrogens with one attached hydrogen (secondary N) is 1. The predicted molar refractivity (Wildman–Crippen MR) is 89.1 cm³/mol. The number of carbonyl (C=O) groups excluding carboxylic acids is 2. The van der Waals surface area contributed by atoms with Crippen LogP contribution in [0.2, 0.25) is 0 Å². The molecule has 2 rings (SSSR count). The van der Waals surface area contributed by atoms with Crippen molar-refractivity contribution in [2.75, 3.05) is 58.4 Å². The third-order valence-electron chi connectivity index (χ3n) is 3.72. The first-order valence-electron chi connectivity index (χ1n) is 8.05.